The Morgan fingerprint density at radius 1 is 1.40 bits per heavy atom. The monoisotopic (exact) mass is 273 g/mol. The highest BCUT2D eigenvalue weighted by Gasteiger charge is 2.21. The third-order valence-electron chi connectivity index (χ3n) is 4.07. The smallest absolute Gasteiger partial charge is 0.270 e. The van der Waals surface area contributed by atoms with E-state index in [1.54, 1.807) is 6.07 Å². The van der Waals surface area contributed by atoms with Crippen molar-refractivity contribution in [1.82, 2.24) is 0 Å². The quantitative estimate of drug-likeness (QED) is 0.667. The number of non-ortho nitro benzene ring substituents is 1. The lowest BCUT2D eigenvalue weighted by Crippen LogP contribution is -2.28. The zero-order chi connectivity index (χ0) is 14.5. The van der Waals surface area contributed by atoms with Gasteiger partial charge in [-0.15, -0.1) is 0 Å². The number of nitro groups is 1. The van der Waals surface area contributed by atoms with Gasteiger partial charge in [-0.05, 0) is 31.7 Å². The van der Waals surface area contributed by atoms with Crippen LogP contribution in [0.1, 0.15) is 44.6 Å². The summed E-state index contributed by atoms with van der Waals surface area (Å²) < 4.78 is 0. The van der Waals surface area contributed by atoms with Gasteiger partial charge in [-0.2, -0.15) is 5.26 Å². The molecule has 0 aliphatic heterocycles. The lowest BCUT2D eigenvalue weighted by Gasteiger charge is -2.29. The first kappa shape index (κ1) is 14.3. The maximum Gasteiger partial charge on any atom is 0.270 e. The molecule has 0 bridgehead atoms. The van der Waals surface area contributed by atoms with Crippen LogP contribution in [0.5, 0.6) is 0 Å². The van der Waals surface area contributed by atoms with Gasteiger partial charge in [0.15, 0.2) is 0 Å². The van der Waals surface area contributed by atoms with Crippen LogP contribution < -0.4 is 5.32 Å². The van der Waals surface area contributed by atoms with Gasteiger partial charge in [0, 0.05) is 18.2 Å². The van der Waals surface area contributed by atoms with Crippen LogP contribution in [0.3, 0.4) is 0 Å². The number of nitro benzene ring substituents is 1. The maximum absolute atomic E-state index is 10.7. The first-order chi connectivity index (χ1) is 9.61. The second kappa shape index (κ2) is 6.38. The van der Waals surface area contributed by atoms with Crippen molar-refractivity contribution in [2.24, 2.45) is 5.92 Å². The second-order valence-electron chi connectivity index (χ2n) is 5.43. The van der Waals surface area contributed by atoms with E-state index in [4.69, 9.17) is 5.26 Å². The van der Waals surface area contributed by atoms with Crippen LogP contribution in [-0.2, 0) is 0 Å². The van der Waals surface area contributed by atoms with E-state index >= 15 is 0 Å². The number of nitriles is 1. The van der Waals surface area contributed by atoms with E-state index in [1.165, 1.54) is 44.2 Å². The molecule has 0 amide bonds. The van der Waals surface area contributed by atoms with E-state index in [9.17, 15) is 10.1 Å². The van der Waals surface area contributed by atoms with Crippen LogP contribution in [0.15, 0.2) is 18.2 Å². The Hall–Kier alpha value is -2.09. The van der Waals surface area contributed by atoms with E-state index in [0.29, 0.717) is 17.2 Å². The molecule has 1 fully saturated rings. The molecule has 5 heteroatoms. The molecular formula is C15H19N3O2. The van der Waals surface area contributed by atoms with E-state index in [0.717, 1.165) is 0 Å². The molecule has 0 heterocycles. The van der Waals surface area contributed by atoms with Crippen molar-refractivity contribution in [2.45, 2.75) is 45.1 Å². The Morgan fingerprint density at radius 3 is 2.70 bits per heavy atom. The van der Waals surface area contributed by atoms with Crippen molar-refractivity contribution in [1.29, 1.82) is 5.26 Å². The molecule has 0 spiro atoms. The molecular weight excluding hydrogens is 254 g/mol. The summed E-state index contributed by atoms with van der Waals surface area (Å²) in [6, 6.07) is 6.72. The molecule has 20 heavy (non-hydrogen) atoms. The SMILES string of the molecule is CC(Nc1ccc([N+](=O)[O-])cc1C#N)C1CCCCC1. The summed E-state index contributed by atoms with van der Waals surface area (Å²) in [5.41, 5.74) is 0.982. The van der Waals surface area contributed by atoms with E-state index in [1.807, 2.05) is 6.07 Å². The number of hydrogen-bond donors (Lipinski definition) is 1. The van der Waals surface area contributed by atoms with Crippen LogP contribution in [0.2, 0.25) is 0 Å². The molecule has 1 aromatic carbocycles. The number of rotatable bonds is 4. The Balaban J connectivity index is 2.12. The van der Waals surface area contributed by atoms with Crippen molar-refractivity contribution in [3.63, 3.8) is 0 Å². The Morgan fingerprint density at radius 2 is 2.10 bits per heavy atom. The van der Waals surface area contributed by atoms with Gasteiger partial charge in [0.25, 0.3) is 5.69 Å². The molecule has 1 unspecified atom stereocenters. The first-order valence-electron chi connectivity index (χ1n) is 7.07. The molecule has 1 aromatic rings. The normalized spacial score (nSPS) is 17.2. The fourth-order valence-corrected chi connectivity index (χ4v) is 2.86. The van der Waals surface area contributed by atoms with Crippen LogP contribution >= 0.6 is 0 Å². The lowest BCUT2D eigenvalue weighted by atomic mass is 9.84. The first-order valence-corrected chi connectivity index (χ1v) is 7.07. The highest BCUT2D eigenvalue weighted by molar-refractivity contribution is 5.61. The predicted molar refractivity (Wildman–Crippen MR) is 77.5 cm³/mol. The van der Waals surface area contributed by atoms with Gasteiger partial charge < -0.3 is 5.32 Å². The van der Waals surface area contributed by atoms with Crippen molar-refractivity contribution >= 4 is 11.4 Å². The summed E-state index contributed by atoms with van der Waals surface area (Å²) in [6.07, 6.45) is 6.26. The summed E-state index contributed by atoms with van der Waals surface area (Å²) >= 11 is 0. The summed E-state index contributed by atoms with van der Waals surface area (Å²) in [4.78, 5) is 10.2. The second-order valence-corrected chi connectivity index (χ2v) is 5.43. The third-order valence-corrected chi connectivity index (χ3v) is 4.07. The number of nitrogens with one attached hydrogen (secondary N) is 1. The average molecular weight is 273 g/mol. The number of anilines is 1. The van der Waals surface area contributed by atoms with Gasteiger partial charge in [0.1, 0.15) is 6.07 Å². The van der Waals surface area contributed by atoms with Gasteiger partial charge in [0.05, 0.1) is 16.2 Å². The standard InChI is InChI=1S/C15H19N3O2/c1-11(12-5-3-2-4-6-12)17-15-8-7-14(18(19)20)9-13(15)10-16/h7-9,11-12,17H,2-6H2,1H3. The maximum atomic E-state index is 10.7. The average Bonchev–Trinajstić information content (AvgIpc) is 2.48. The van der Waals surface area contributed by atoms with Crippen molar-refractivity contribution < 1.29 is 4.92 Å². The lowest BCUT2D eigenvalue weighted by molar-refractivity contribution is -0.384. The summed E-state index contributed by atoms with van der Waals surface area (Å²) in [6.45, 7) is 2.12. The van der Waals surface area contributed by atoms with E-state index in [-0.39, 0.29) is 11.7 Å². The van der Waals surface area contributed by atoms with Crippen LogP contribution in [0, 0.1) is 27.4 Å². The van der Waals surface area contributed by atoms with Crippen LogP contribution in [-0.4, -0.2) is 11.0 Å². The van der Waals surface area contributed by atoms with Gasteiger partial charge in [-0.3, -0.25) is 10.1 Å². The van der Waals surface area contributed by atoms with Crippen molar-refractivity contribution in [3.05, 3.63) is 33.9 Å². The van der Waals surface area contributed by atoms with Gasteiger partial charge in [-0.1, -0.05) is 19.3 Å². The molecule has 1 aliphatic rings. The zero-order valence-electron chi connectivity index (χ0n) is 11.6. The summed E-state index contributed by atoms with van der Waals surface area (Å²) in [5, 5.41) is 23.2. The minimum absolute atomic E-state index is 0.0441. The largest absolute Gasteiger partial charge is 0.381 e. The molecule has 0 saturated heterocycles. The van der Waals surface area contributed by atoms with Gasteiger partial charge >= 0.3 is 0 Å². The zero-order valence-corrected chi connectivity index (χ0v) is 11.6. The molecule has 5 nitrogen and oxygen atoms in total. The molecule has 0 aromatic heterocycles. The number of nitrogens with zero attached hydrogens (tertiary/aromatic N) is 2. The molecule has 0 radical (unpaired) electrons. The minimum Gasteiger partial charge on any atom is -0.381 e. The van der Waals surface area contributed by atoms with E-state index < -0.39 is 4.92 Å². The highest BCUT2D eigenvalue weighted by Crippen LogP contribution is 2.29. The number of benzene rings is 1. The fraction of sp³-hybridized carbons (Fsp3) is 0.533. The van der Waals surface area contributed by atoms with Crippen molar-refractivity contribution in [2.75, 3.05) is 5.32 Å². The third kappa shape index (κ3) is 3.27. The van der Waals surface area contributed by atoms with E-state index in [2.05, 4.69) is 12.2 Å². The summed E-state index contributed by atoms with van der Waals surface area (Å²) in [5.74, 6) is 0.616. The Labute approximate surface area is 118 Å². The predicted octanol–water partition coefficient (Wildman–Crippen LogP) is 3.85. The van der Waals surface area contributed by atoms with Crippen LogP contribution in [0.4, 0.5) is 11.4 Å². The van der Waals surface area contributed by atoms with Gasteiger partial charge in [-0.25, -0.2) is 0 Å². The molecule has 106 valence electrons. The molecule has 1 N–H and O–H groups in total. The molecule has 1 aliphatic carbocycles. The fourth-order valence-electron chi connectivity index (χ4n) is 2.86. The molecule has 1 saturated carbocycles. The topological polar surface area (TPSA) is 79.0 Å². The van der Waals surface area contributed by atoms with Crippen LogP contribution in [0.25, 0.3) is 0 Å². The molecule has 1 atom stereocenters. The summed E-state index contributed by atoms with van der Waals surface area (Å²) in [7, 11) is 0. The minimum atomic E-state index is -0.477. The van der Waals surface area contributed by atoms with Crippen molar-refractivity contribution in [3.8, 4) is 6.07 Å². The highest BCUT2D eigenvalue weighted by atomic mass is 16.6. The molecule has 2 rings (SSSR count). The Kier molecular flexibility index (Phi) is 4.57. The number of hydrogen-bond acceptors (Lipinski definition) is 4. The Bertz CT molecular complexity index is 530. The van der Waals surface area contributed by atoms with Gasteiger partial charge in [0.2, 0.25) is 0 Å².